The molecular weight excluding hydrogens is 247 g/mol. The van der Waals surface area contributed by atoms with Crippen LogP contribution in [-0.2, 0) is 9.05 Å². The van der Waals surface area contributed by atoms with Crippen LogP contribution in [0.4, 0.5) is 4.39 Å². The second kappa shape index (κ2) is 4.16. The molecule has 0 unspecified atom stereocenters. The van der Waals surface area contributed by atoms with Crippen molar-refractivity contribution in [1.29, 1.82) is 0 Å². The number of aldehydes is 1. The van der Waals surface area contributed by atoms with E-state index in [2.05, 4.69) is 4.74 Å². The number of benzene rings is 1. The molecule has 0 aromatic heterocycles. The van der Waals surface area contributed by atoms with Crippen molar-refractivity contribution in [2.24, 2.45) is 0 Å². The summed E-state index contributed by atoms with van der Waals surface area (Å²) >= 11 is 0. The van der Waals surface area contributed by atoms with Gasteiger partial charge in [0, 0.05) is 10.7 Å². The van der Waals surface area contributed by atoms with Gasteiger partial charge in [-0.05, 0) is 12.1 Å². The van der Waals surface area contributed by atoms with Crippen molar-refractivity contribution in [3.05, 3.63) is 23.5 Å². The summed E-state index contributed by atoms with van der Waals surface area (Å²) in [7, 11) is 2.12. The summed E-state index contributed by atoms with van der Waals surface area (Å²) in [6.45, 7) is 0. The van der Waals surface area contributed by atoms with Crippen LogP contribution in [0.1, 0.15) is 10.4 Å². The maximum absolute atomic E-state index is 13.1. The maximum atomic E-state index is 13.1. The Kier molecular flexibility index (Phi) is 3.31. The Morgan fingerprint density at radius 3 is 2.47 bits per heavy atom. The smallest absolute Gasteiger partial charge is 0.265 e. The Balaban J connectivity index is 3.64. The van der Waals surface area contributed by atoms with Gasteiger partial charge in [-0.3, -0.25) is 4.79 Å². The van der Waals surface area contributed by atoms with Crippen molar-refractivity contribution in [3.63, 3.8) is 0 Å². The molecule has 7 heteroatoms. The van der Waals surface area contributed by atoms with Crippen molar-refractivity contribution in [3.8, 4) is 5.75 Å². The van der Waals surface area contributed by atoms with E-state index in [-0.39, 0.29) is 12.0 Å². The number of halogens is 2. The fraction of sp³-hybridized carbons (Fsp3) is 0.125. The number of carbonyl (C=O) groups excluding carboxylic acids is 1. The summed E-state index contributed by atoms with van der Waals surface area (Å²) in [6.07, 6.45) is 0.166. The summed E-state index contributed by atoms with van der Waals surface area (Å²) < 4.78 is 39.8. The van der Waals surface area contributed by atoms with Gasteiger partial charge in [-0.25, -0.2) is 12.8 Å². The van der Waals surface area contributed by atoms with E-state index < -0.39 is 25.3 Å². The van der Waals surface area contributed by atoms with Gasteiger partial charge >= 0.3 is 0 Å². The van der Waals surface area contributed by atoms with E-state index in [1.807, 2.05) is 0 Å². The van der Waals surface area contributed by atoms with Gasteiger partial charge < -0.3 is 4.74 Å². The van der Waals surface area contributed by atoms with Crippen molar-refractivity contribution < 1.29 is 22.3 Å². The fourth-order valence-electron chi connectivity index (χ4n) is 1.07. The largest absolute Gasteiger partial charge is 0.494 e. The molecule has 0 saturated carbocycles. The van der Waals surface area contributed by atoms with E-state index in [1.54, 1.807) is 0 Å². The average molecular weight is 253 g/mol. The van der Waals surface area contributed by atoms with E-state index >= 15 is 0 Å². The highest BCUT2D eigenvalue weighted by molar-refractivity contribution is 8.13. The predicted molar refractivity (Wildman–Crippen MR) is 51.4 cm³/mol. The van der Waals surface area contributed by atoms with E-state index in [0.717, 1.165) is 19.2 Å². The zero-order valence-electron chi connectivity index (χ0n) is 7.53. The normalized spacial score (nSPS) is 11.1. The molecule has 0 bridgehead atoms. The highest BCUT2D eigenvalue weighted by atomic mass is 35.7. The van der Waals surface area contributed by atoms with Crippen LogP contribution in [0.2, 0.25) is 0 Å². The first-order valence-electron chi connectivity index (χ1n) is 3.68. The topological polar surface area (TPSA) is 60.4 Å². The van der Waals surface area contributed by atoms with Crippen molar-refractivity contribution in [2.45, 2.75) is 4.90 Å². The molecule has 0 fully saturated rings. The zero-order valence-corrected chi connectivity index (χ0v) is 9.10. The van der Waals surface area contributed by atoms with Crippen LogP contribution in [-0.4, -0.2) is 21.8 Å². The minimum absolute atomic E-state index is 0.166. The molecule has 0 heterocycles. The van der Waals surface area contributed by atoms with Gasteiger partial charge in [-0.15, -0.1) is 0 Å². The minimum atomic E-state index is -4.07. The molecule has 0 aliphatic rings. The number of hydrogen-bond acceptors (Lipinski definition) is 4. The Hall–Kier alpha value is -1.14. The molecule has 0 amide bonds. The Labute approximate surface area is 90.0 Å². The number of rotatable bonds is 3. The first-order chi connectivity index (χ1) is 6.91. The van der Waals surface area contributed by atoms with Gasteiger partial charge in [0.25, 0.3) is 9.05 Å². The molecule has 0 N–H and O–H groups in total. The summed E-state index contributed by atoms with van der Waals surface area (Å²) in [4.78, 5) is 10.1. The maximum Gasteiger partial charge on any atom is 0.265 e. The van der Waals surface area contributed by atoms with Gasteiger partial charge in [-0.1, -0.05) is 0 Å². The van der Waals surface area contributed by atoms with Crippen molar-refractivity contribution in [2.75, 3.05) is 7.11 Å². The molecular formula is C8H6ClFO4S. The number of methoxy groups -OCH3 is 1. The van der Waals surface area contributed by atoms with E-state index in [9.17, 15) is 17.6 Å². The predicted octanol–water partition coefficient (Wildman–Crippen LogP) is 1.57. The second-order valence-corrected chi connectivity index (χ2v) is 5.08. The SMILES string of the molecule is COc1c(S(=O)(=O)Cl)ccc(F)c1C=O. The molecule has 0 saturated heterocycles. The van der Waals surface area contributed by atoms with Crippen LogP contribution < -0.4 is 4.74 Å². The molecule has 0 radical (unpaired) electrons. The second-order valence-electron chi connectivity index (χ2n) is 2.55. The lowest BCUT2D eigenvalue weighted by atomic mass is 10.2. The molecule has 0 spiro atoms. The molecule has 0 aliphatic heterocycles. The van der Waals surface area contributed by atoms with Gasteiger partial charge in [0.2, 0.25) is 0 Å². The standard InChI is InChI=1S/C8H6ClFO4S/c1-14-8-5(4-11)6(10)2-3-7(8)15(9,12)13/h2-4H,1H3. The van der Waals surface area contributed by atoms with Crippen LogP contribution in [0.3, 0.4) is 0 Å². The molecule has 1 rings (SSSR count). The Morgan fingerprint density at radius 2 is 2.07 bits per heavy atom. The van der Waals surface area contributed by atoms with Gasteiger partial charge in [0.15, 0.2) is 12.0 Å². The third-order valence-electron chi connectivity index (χ3n) is 1.69. The summed E-state index contributed by atoms with van der Waals surface area (Å²) in [5, 5.41) is 0. The van der Waals surface area contributed by atoms with E-state index in [1.165, 1.54) is 0 Å². The van der Waals surface area contributed by atoms with Crippen molar-refractivity contribution >= 4 is 26.0 Å². The van der Waals surface area contributed by atoms with Gasteiger partial charge in [0.05, 0.1) is 12.7 Å². The van der Waals surface area contributed by atoms with Crippen LogP contribution in [0.15, 0.2) is 17.0 Å². The van der Waals surface area contributed by atoms with Gasteiger partial charge in [-0.2, -0.15) is 0 Å². The summed E-state index contributed by atoms with van der Waals surface area (Å²) in [5.41, 5.74) is -0.473. The first-order valence-corrected chi connectivity index (χ1v) is 5.99. The average Bonchev–Trinajstić information content (AvgIpc) is 2.15. The Morgan fingerprint density at radius 1 is 1.47 bits per heavy atom. The van der Waals surface area contributed by atoms with Crippen LogP contribution >= 0.6 is 10.7 Å². The van der Waals surface area contributed by atoms with Crippen LogP contribution in [0, 0.1) is 5.82 Å². The molecule has 4 nitrogen and oxygen atoms in total. The Bertz CT molecular complexity index is 498. The molecule has 0 atom stereocenters. The highest BCUT2D eigenvalue weighted by Gasteiger charge is 2.21. The third kappa shape index (κ3) is 2.27. The third-order valence-corrected chi connectivity index (χ3v) is 3.04. The van der Waals surface area contributed by atoms with E-state index in [4.69, 9.17) is 10.7 Å². The quantitative estimate of drug-likeness (QED) is 0.605. The lowest BCUT2D eigenvalue weighted by molar-refractivity contribution is 0.111. The number of ether oxygens (including phenoxy) is 1. The molecule has 15 heavy (non-hydrogen) atoms. The monoisotopic (exact) mass is 252 g/mol. The molecule has 1 aromatic carbocycles. The van der Waals surface area contributed by atoms with E-state index in [0.29, 0.717) is 0 Å². The van der Waals surface area contributed by atoms with Crippen LogP contribution in [0.5, 0.6) is 5.75 Å². The summed E-state index contributed by atoms with van der Waals surface area (Å²) in [6, 6.07) is 1.77. The molecule has 82 valence electrons. The molecule has 0 aliphatic carbocycles. The zero-order chi connectivity index (χ0) is 11.6. The number of hydrogen-bond donors (Lipinski definition) is 0. The van der Waals surface area contributed by atoms with Crippen LogP contribution in [0.25, 0.3) is 0 Å². The fourth-order valence-corrected chi connectivity index (χ4v) is 2.08. The highest BCUT2D eigenvalue weighted by Crippen LogP contribution is 2.31. The first kappa shape index (κ1) is 11.9. The minimum Gasteiger partial charge on any atom is -0.494 e. The van der Waals surface area contributed by atoms with Gasteiger partial charge in [0.1, 0.15) is 10.7 Å². The molecule has 1 aromatic rings. The number of carbonyl (C=O) groups is 1. The summed E-state index contributed by atoms with van der Waals surface area (Å²) in [5.74, 6) is -1.26. The lowest BCUT2D eigenvalue weighted by Gasteiger charge is -2.08. The lowest BCUT2D eigenvalue weighted by Crippen LogP contribution is -2.02. The van der Waals surface area contributed by atoms with Crippen molar-refractivity contribution in [1.82, 2.24) is 0 Å².